The Morgan fingerprint density at radius 3 is 2.71 bits per heavy atom. The molecule has 0 spiro atoms. The second kappa shape index (κ2) is 7.07. The van der Waals surface area contributed by atoms with Crippen LogP contribution in [-0.2, 0) is 9.53 Å². The predicted molar refractivity (Wildman–Crippen MR) is 84.3 cm³/mol. The van der Waals surface area contributed by atoms with Crippen molar-refractivity contribution in [1.82, 2.24) is 15.1 Å². The molecule has 3 atom stereocenters. The highest BCUT2D eigenvalue weighted by Crippen LogP contribution is 2.36. The van der Waals surface area contributed by atoms with Gasteiger partial charge in [0.25, 0.3) is 0 Å². The van der Waals surface area contributed by atoms with E-state index in [1.54, 1.807) is 0 Å². The van der Waals surface area contributed by atoms with Gasteiger partial charge in [0.1, 0.15) is 5.54 Å². The van der Waals surface area contributed by atoms with Crippen LogP contribution in [0.3, 0.4) is 0 Å². The van der Waals surface area contributed by atoms with Crippen molar-refractivity contribution in [1.29, 1.82) is 0 Å². The van der Waals surface area contributed by atoms with Gasteiger partial charge in [-0.2, -0.15) is 0 Å². The summed E-state index contributed by atoms with van der Waals surface area (Å²) in [4.78, 5) is 17.3. The lowest BCUT2D eigenvalue weighted by Crippen LogP contribution is -2.52. The molecular formula is C16H31N3O2. The van der Waals surface area contributed by atoms with Gasteiger partial charge in [-0.25, -0.2) is 0 Å². The fourth-order valence-corrected chi connectivity index (χ4v) is 3.88. The molecule has 3 unspecified atom stereocenters. The highest BCUT2D eigenvalue weighted by Gasteiger charge is 2.48. The van der Waals surface area contributed by atoms with E-state index in [4.69, 9.17) is 4.74 Å². The van der Waals surface area contributed by atoms with Crippen LogP contribution >= 0.6 is 0 Å². The highest BCUT2D eigenvalue weighted by atomic mass is 16.5. The fraction of sp³-hybridized carbons (Fsp3) is 0.938. The molecule has 1 N–H and O–H groups in total. The van der Waals surface area contributed by atoms with Crippen molar-refractivity contribution < 1.29 is 9.53 Å². The van der Waals surface area contributed by atoms with Gasteiger partial charge in [-0.05, 0) is 53.2 Å². The molecule has 0 bridgehead atoms. The Hall–Kier alpha value is -0.650. The summed E-state index contributed by atoms with van der Waals surface area (Å²) in [5.74, 6) is -0.0577. The van der Waals surface area contributed by atoms with E-state index in [2.05, 4.69) is 36.1 Å². The molecule has 0 radical (unpaired) electrons. The summed E-state index contributed by atoms with van der Waals surface area (Å²) in [6, 6.07) is 1.17. The van der Waals surface area contributed by atoms with Gasteiger partial charge in [0.2, 0.25) is 0 Å². The maximum atomic E-state index is 12.4. The minimum atomic E-state index is -0.453. The second-order valence-corrected chi connectivity index (χ2v) is 6.63. The summed E-state index contributed by atoms with van der Waals surface area (Å²) in [5.41, 5.74) is -0.453. The molecule has 5 heteroatoms. The van der Waals surface area contributed by atoms with Crippen molar-refractivity contribution in [2.75, 3.05) is 40.3 Å². The molecule has 1 aliphatic carbocycles. The molecule has 2 rings (SSSR count). The van der Waals surface area contributed by atoms with Gasteiger partial charge in [0.15, 0.2) is 0 Å². The minimum Gasteiger partial charge on any atom is -0.465 e. The van der Waals surface area contributed by atoms with E-state index >= 15 is 0 Å². The number of likely N-dealkylation sites (tertiary alicyclic amines) is 1. The maximum absolute atomic E-state index is 12.4. The highest BCUT2D eigenvalue weighted by molar-refractivity contribution is 5.81. The smallest absolute Gasteiger partial charge is 0.326 e. The number of carbonyl (C=O) groups excluding carboxylic acids is 1. The van der Waals surface area contributed by atoms with E-state index in [0.29, 0.717) is 18.7 Å². The zero-order valence-corrected chi connectivity index (χ0v) is 14.0. The first kappa shape index (κ1) is 16.7. The standard InChI is InChI=1S/C16H31N3O2/c1-5-17-16(15(20)21-6-2)9-7-13(11-16)19-10-8-14(12-19)18(3)4/h13-14,17H,5-12H2,1-4H3. The van der Waals surface area contributed by atoms with Crippen LogP contribution in [-0.4, -0.2) is 73.7 Å². The van der Waals surface area contributed by atoms with Crippen LogP contribution in [0.1, 0.15) is 39.5 Å². The Morgan fingerprint density at radius 1 is 1.38 bits per heavy atom. The molecule has 1 saturated heterocycles. The monoisotopic (exact) mass is 297 g/mol. The summed E-state index contributed by atoms with van der Waals surface area (Å²) < 4.78 is 5.32. The number of carbonyl (C=O) groups is 1. The normalized spacial score (nSPS) is 33.8. The van der Waals surface area contributed by atoms with Crippen molar-refractivity contribution in [3.8, 4) is 0 Å². The fourth-order valence-electron chi connectivity index (χ4n) is 3.88. The van der Waals surface area contributed by atoms with Crippen LogP contribution in [0, 0.1) is 0 Å². The van der Waals surface area contributed by atoms with E-state index < -0.39 is 5.54 Å². The zero-order chi connectivity index (χ0) is 15.5. The minimum absolute atomic E-state index is 0.0577. The van der Waals surface area contributed by atoms with Crippen molar-refractivity contribution >= 4 is 5.97 Å². The topological polar surface area (TPSA) is 44.8 Å². The van der Waals surface area contributed by atoms with Crippen LogP contribution in [0.5, 0.6) is 0 Å². The van der Waals surface area contributed by atoms with Gasteiger partial charge < -0.3 is 15.0 Å². The number of esters is 1. The summed E-state index contributed by atoms with van der Waals surface area (Å²) >= 11 is 0. The third-order valence-corrected chi connectivity index (χ3v) is 5.11. The molecule has 122 valence electrons. The first-order valence-corrected chi connectivity index (χ1v) is 8.35. The van der Waals surface area contributed by atoms with Gasteiger partial charge in [-0.3, -0.25) is 9.69 Å². The average molecular weight is 297 g/mol. The van der Waals surface area contributed by atoms with Gasteiger partial charge in [0, 0.05) is 25.2 Å². The zero-order valence-electron chi connectivity index (χ0n) is 14.0. The second-order valence-electron chi connectivity index (χ2n) is 6.63. The van der Waals surface area contributed by atoms with E-state index in [1.165, 1.54) is 6.42 Å². The lowest BCUT2D eigenvalue weighted by molar-refractivity contribution is -0.151. The third kappa shape index (κ3) is 3.58. The number of ether oxygens (including phenoxy) is 1. The van der Waals surface area contributed by atoms with E-state index in [1.807, 2.05) is 6.92 Å². The molecule has 0 aromatic carbocycles. The number of hydrogen-bond acceptors (Lipinski definition) is 5. The van der Waals surface area contributed by atoms with E-state index in [-0.39, 0.29) is 5.97 Å². The van der Waals surface area contributed by atoms with Gasteiger partial charge in [-0.1, -0.05) is 6.92 Å². The van der Waals surface area contributed by atoms with Gasteiger partial charge >= 0.3 is 5.97 Å². The van der Waals surface area contributed by atoms with Crippen LogP contribution in [0.2, 0.25) is 0 Å². The van der Waals surface area contributed by atoms with Crippen molar-refractivity contribution in [2.24, 2.45) is 0 Å². The number of nitrogens with zero attached hydrogens (tertiary/aromatic N) is 2. The molecule has 1 aliphatic heterocycles. The van der Waals surface area contributed by atoms with Crippen LogP contribution in [0.15, 0.2) is 0 Å². The lowest BCUT2D eigenvalue weighted by Gasteiger charge is -2.30. The molecule has 2 fully saturated rings. The van der Waals surface area contributed by atoms with Gasteiger partial charge in [0.05, 0.1) is 6.61 Å². The molecular weight excluding hydrogens is 266 g/mol. The molecule has 1 heterocycles. The number of nitrogens with one attached hydrogen (secondary N) is 1. The Bertz CT molecular complexity index is 361. The molecule has 5 nitrogen and oxygen atoms in total. The Kier molecular flexibility index (Phi) is 5.63. The molecule has 0 amide bonds. The lowest BCUT2D eigenvalue weighted by atomic mass is 9.97. The first-order valence-electron chi connectivity index (χ1n) is 8.35. The van der Waals surface area contributed by atoms with E-state index in [9.17, 15) is 4.79 Å². The van der Waals surface area contributed by atoms with Crippen LogP contribution in [0.25, 0.3) is 0 Å². The molecule has 0 aromatic rings. The van der Waals surface area contributed by atoms with Crippen molar-refractivity contribution in [2.45, 2.75) is 57.2 Å². The number of likely N-dealkylation sites (N-methyl/N-ethyl adjacent to an activating group) is 2. The number of hydrogen-bond donors (Lipinski definition) is 1. The van der Waals surface area contributed by atoms with E-state index in [0.717, 1.165) is 38.9 Å². The first-order chi connectivity index (χ1) is 10.0. The summed E-state index contributed by atoms with van der Waals surface area (Å²) in [7, 11) is 4.31. The average Bonchev–Trinajstić information content (AvgIpc) is 3.06. The summed E-state index contributed by atoms with van der Waals surface area (Å²) in [5, 5.41) is 3.42. The largest absolute Gasteiger partial charge is 0.465 e. The Balaban J connectivity index is 1.98. The molecule has 2 aliphatic rings. The SMILES string of the molecule is CCNC1(C(=O)OCC)CCC(N2CCC(N(C)C)C2)C1. The third-order valence-electron chi connectivity index (χ3n) is 5.11. The van der Waals surface area contributed by atoms with Gasteiger partial charge in [-0.15, -0.1) is 0 Å². The molecule has 1 saturated carbocycles. The summed E-state index contributed by atoms with van der Waals surface area (Å²) in [6.45, 7) is 7.49. The Labute approximate surface area is 129 Å². The summed E-state index contributed by atoms with van der Waals surface area (Å²) in [6.07, 6.45) is 4.11. The van der Waals surface area contributed by atoms with Crippen molar-refractivity contribution in [3.05, 3.63) is 0 Å². The molecule has 21 heavy (non-hydrogen) atoms. The van der Waals surface area contributed by atoms with Crippen molar-refractivity contribution in [3.63, 3.8) is 0 Å². The number of rotatable bonds is 6. The maximum Gasteiger partial charge on any atom is 0.326 e. The Morgan fingerprint density at radius 2 is 2.14 bits per heavy atom. The molecule has 0 aromatic heterocycles. The predicted octanol–water partition coefficient (Wildman–Crippen LogP) is 1.09. The van der Waals surface area contributed by atoms with Crippen LogP contribution < -0.4 is 5.32 Å². The quantitative estimate of drug-likeness (QED) is 0.744. The van der Waals surface area contributed by atoms with Crippen LogP contribution in [0.4, 0.5) is 0 Å².